The first kappa shape index (κ1) is 15.1. The van der Waals surface area contributed by atoms with E-state index < -0.39 is 8.32 Å². The quantitative estimate of drug-likeness (QED) is 0.495. The molecule has 0 radical (unpaired) electrons. The molecule has 1 atom stereocenters. The van der Waals surface area contributed by atoms with Crippen LogP contribution >= 0.6 is 23.5 Å². The molecule has 1 heterocycles. The molecule has 0 saturated carbocycles. The predicted molar refractivity (Wildman–Crippen MR) is 94.8 cm³/mol. The van der Waals surface area contributed by atoms with Gasteiger partial charge in [-0.25, -0.2) is 0 Å². The summed E-state index contributed by atoms with van der Waals surface area (Å²) in [6.45, 7) is 9.30. The lowest BCUT2D eigenvalue weighted by Crippen LogP contribution is -2.38. The molecule has 1 nitrogen and oxygen atoms in total. The SMILES string of the molecule is C[C@@]12CCC3(C=C1CCC=C2O[Si](C)(C)C)SCCS3. The van der Waals surface area contributed by atoms with E-state index in [0.29, 0.717) is 4.08 Å². The van der Waals surface area contributed by atoms with E-state index in [9.17, 15) is 0 Å². The summed E-state index contributed by atoms with van der Waals surface area (Å²) in [6, 6.07) is 0. The van der Waals surface area contributed by atoms with Crippen molar-refractivity contribution >= 4 is 31.8 Å². The first-order valence-electron chi connectivity index (χ1n) is 7.73. The van der Waals surface area contributed by atoms with Gasteiger partial charge in [-0.3, -0.25) is 0 Å². The van der Waals surface area contributed by atoms with Crippen LogP contribution < -0.4 is 0 Å². The van der Waals surface area contributed by atoms with Crippen LogP contribution in [-0.4, -0.2) is 23.9 Å². The number of hydrogen-bond donors (Lipinski definition) is 0. The van der Waals surface area contributed by atoms with Crippen LogP contribution in [-0.2, 0) is 4.43 Å². The highest BCUT2D eigenvalue weighted by molar-refractivity contribution is 8.21. The number of allylic oxidation sites excluding steroid dienone is 2. The first-order valence-corrected chi connectivity index (χ1v) is 13.1. The minimum atomic E-state index is -1.51. The van der Waals surface area contributed by atoms with Gasteiger partial charge in [0, 0.05) is 16.9 Å². The molecule has 0 unspecified atom stereocenters. The van der Waals surface area contributed by atoms with Crippen molar-refractivity contribution in [2.24, 2.45) is 5.41 Å². The monoisotopic (exact) mass is 326 g/mol. The summed E-state index contributed by atoms with van der Waals surface area (Å²) in [5, 5.41) is 0. The lowest BCUT2D eigenvalue weighted by molar-refractivity contribution is 0.242. The largest absolute Gasteiger partial charge is 0.547 e. The minimum absolute atomic E-state index is 0.188. The molecular weight excluding hydrogens is 300 g/mol. The van der Waals surface area contributed by atoms with E-state index in [0.717, 1.165) is 6.42 Å². The van der Waals surface area contributed by atoms with Gasteiger partial charge < -0.3 is 4.43 Å². The highest BCUT2D eigenvalue weighted by Crippen LogP contribution is 2.59. The average Bonchev–Trinajstić information content (AvgIpc) is 2.79. The van der Waals surface area contributed by atoms with E-state index in [1.807, 2.05) is 0 Å². The Morgan fingerprint density at radius 3 is 2.50 bits per heavy atom. The summed E-state index contributed by atoms with van der Waals surface area (Å²) in [4.78, 5) is 0. The molecule has 0 amide bonds. The van der Waals surface area contributed by atoms with Crippen molar-refractivity contribution in [2.75, 3.05) is 11.5 Å². The van der Waals surface area contributed by atoms with Crippen molar-refractivity contribution in [3.05, 3.63) is 23.5 Å². The highest BCUT2D eigenvalue weighted by Gasteiger charge is 2.47. The standard InChI is InChI=1S/C16H26OS2Si/c1-15-8-9-16(18-10-11-19-16)12-13(15)6-5-7-14(15)17-20(2,3)4/h7,12H,5-6,8-11H2,1-4H3/t15-/m1/s1. The summed E-state index contributed by atoms with van der Waals surface area (Å²) in [5.41, 5.74) is 1.84. The summed E-state index contributed by atoms with van der Waals surface area (Å²) in [7, 11) is -1.51. The molecule has 1 spiro atoms. The van der Waals surface area contributed by atoms with Crippen molar-refractivity contribution in [2.45, 2.75) is 56.3 Å². The third-order valence-corrected chi connectivity index (χ3v) is 8.79. The maximum Gasteiger partial charge on any atom is 0.241 e. The normalized spacial score (nSPS) is 32.6. The lowest BCUT2D eigenvalue weighted by Gasteiger charge is -2.46. The molecule has 112 valence electrons. The molecule has 1 saturated heterocycles. The topological polar surface area (TPSA) is 9.23 Å². The third-order valence-electron chi connectivity index (χ3n) is 4.56. The molecule has 0 N–H and O–H groups in total. The van der Waals surface area contributed by atoms with Crippen LogP contribution in [0.4, 0.5) is 0 Å². The Morgan fingerprint density at radius 1 is 1.15 bits per heavy atom. The van der Waals surface area contributed by atoms with Gasteiger partial charge in [0.05, 0.1) is 9.84 Å². The fourth-order valence-electron chi connectivity index (χ4n) is 3.48. The fourth-order valence-corrected chi connectivity index (χ4v) is 7.58. The van der Waals surface area contributed by atoms with Crippen molar-refractivity contribution in [3.63, 3.8) is 0 Å². The molecule has 1 fully saturated rings. The van der Waals surface area contributed by atoms with Crippen LogP contribution in [0.15, 0.2) is 23.5 Å². The number of fused-ring (bicyclic) bond motifs is 1. The van der Waals surface area contributed by atoms with Crippen LogP contribution in [0.3, 0.4) is 0 Å². The Morgan fingerprint density at radius 2 is 1.85 bits per heavy atom. The molecule has 0 aromatic carbocycles. The van der Waals surface area contributed by atoms with E-state index in [4.69, 9.17) is 4.43 Å². The third kappa shape index (κ3) is 2.75. The fraction of sp³-hybridized carbons (Fsp3) is 0.750. The smallest absolute Gasteiger partial charge is 0.241 e. The molecule has 0 aromatic rings. The van der Waals surface area contributed by atoms with Gasteiger partial charge in [-0.05, 0) is 58.3 Å². The van der Waals surface area contributed by atoms with Gasteiger partial charge in [0.25, 0.3) is 0 Å². The van der Waals surface area contributed by atoms with E-state index in [2.05, 4.69) is 62.2 Å². The van der Waals surface area contributed by atoms with Crippen molar-refractivity contribution in [1.29, 1.82) is 0 Å². The Kier molecular flexibility index (Phi) is 3.88. The summed E-state index contributed by atoms with van der Waals surface area (Å²) in [6.07, 6.45) is 9.95. The zero-order chi connectivity index (χ0) is 14.4. The van der Waals surface area contributed by atoms with Crippen molar-refractivity contribution < 1.29 is 4.43 Å². The Hall–Kier alpha value is 0.197. The van der Waals surface area contributed by atoms with Crippen molar-refractivity contribution in [3.8, 4) is 0 Å². The van der Waals surface area contributed by atoms with Gasteiger partial charge in [-0.2, -0.15) is 0 Å². The van der Waals surface area contributed by atoms with Gasteiger partial charge in [0.2, 0.25) is 8.32 Å². The molecule has 20 heavy (non-hydrogen) atoms. The molecule has 0 bridgehead atoms. The molecule has 2 aliphatic carbocycles. The molecule has 0 aromatic heterocycles. The maximum atomic E-state index is 6.45. The zero-order valence-corrected chi connectivity index (χ0v) is 15.8. The summed E-state index contributed by atoms with van der Waals surface area (Å²) in [5.74, 6) is 3.93. The Balaban J connectivity index is 1.90. The first-order chi connectivity index (χ1) is 9.33. The van der Waals surface area contributed by atoms with Gasteiger partial charge in [-0.1, -0.05) is 11.6 Å². The average molecular weight is 327 g/mol. The van der Waals surface area contributed by atoms with Crippen LogP contribution in [0, 0.1) is 5.41 Å². The highest BCUT2D eigenvalue weighted by atomic mass is 32.2. The molecule has 1 aliphatic heterocycles. The Bertz CT molecular complexity index is 458. The van der Waals surface area contributed by atoms with E-state index in [1.165, 1.54) is 36.5 Å². The second-order valence-electron chi connectivity index (χ2n) is 7.33. The predicted octanol–water partition coefficient (Wildman–Crippen LogP) is 5.42. The van der Waals surface area contributed by atoms with E-state index in [-0.39, 0.29) is 5.41 Å². The summed E-state index contributed by atoms with van der Waals surface area (Å²) < 4.78 is 6.85. The maximum absolute atomic E-state index is 6.45. The van der Waals surface area contributed by atoms with Gasteiger partial charge in [0.1, 0.15) is 0 Å². The van der Waals surface area contributed by atoms with E-state index >= 15 is 0 Å². The number of thioether (sulfide) groups is 2. The van der Waals surface area contributed by atoms with Crippen molar-refractivity contribution in [1.82, 2.24) is 0 Å². The number of rotatable bonds is 2. The second-order valence-corrected chi connectivity index (χ2v) is 14.9. The van der Waals surface area contributed by atoms with Gasteiger partial charge in [-0.15, -0.1) is 23.5 Å². The summed E-state index contributed by atoms with van der Waals surface area (Å²) >= 11 is 4.34. The Labute approximate surface area is 133 Å². The van der Waals surface area contributed by atoms with Gasteiger partial charge in [0.15, 0.2) is 0 Å². The zero-order valence-electron chi connectivity index (χ0n) is 13.1. The molecule has 3 aliphatic rings. The molecular formula is C16H26OS2Si. The molecule has 4 heteroatoms. The van der Waals surface area contributed by atoms with Crippen LogP contribution in [0.25, 0.3) is 0 Å². The van der Waals surface area contributed by atoms with E-state index in [1.54, 1.807) is 5.57 Å². The minimum Gasteiger partial charge on any atom is -0.547 e. The molecule has 3 rings (SSSR count). The van der Waals surface area contributed by atoms with Crippen LogP contribution in [0.5, 0.6) is 0 Å². The lowest BCUT2D eigenvalue weighted by atomic mass is 9.68. The van der Waals surface area contributed by atoms with Crippen LogP contribution in [0.1, 0.15) is 32.6 Å². The number of hydrogen-bond acceptors (Lipinski definition) is 3. The van der Waals surface area contributed by atoms with Gasteiger partial charge >= 0.3 is 0 Å². The second kappa shape index (κ2) is 5.13. The van der Waals surface area contributed by atoms with Crippen LogP contribution in [0.2, 0.25) is 19.6 Å².